The third-order valence-electron chi connectivity index (χ3n) is 4.33. The molecule has 7 nitrogen and oxygen atoms in total. The third-order valence-corrected chi connectivity index (χ3v) is 4.33. The average molecular weight is 355 g/mol. The van der Waals surface area contributed by atoms with Crippen LogP contribution in [0.4, 0.5) is 17.2 Å². The molecule has 0 aliphatic carbocycles. The number of benzene rings is 1. The van der Waals surface area contributed by atoms with Crippen LogP contribution in [0, 0.1) is 0 Å². The molecule has 0 unspecified atom stereocenters. The molecule has 1 aromatic carbocycles. The van der Waals surface area contributed by atoms with Crippen LogP contribution in [0.25, 0.3) is 0 Å². The second-order valence-electron chi connectivity index (χ2n) is 6.26. The van der Waals surface area contributed by atoms with Gasteiger partial charge in [-0.25, -0.2) is 9.97 Å². The van der Waals surface area contributed by atoms with E-state index >= 15 is 0 Å². The van der Waals surface area contributed by atoms with Gasteiger partial charge in [0.15, 0.2) is 0 Å². The predicted molar refractivity (Wildman–Crippen MR) is 103 cm³/mol. The fraction of sp³-hybridized carbons (Fsp3) is 0.421. The lowest BCUT2D eigenvalue weighted by molar-refractivity contribution is 0.102. The molecule has 3 rings (SSSR count). The second-order valence-corrected chi connectivity index (χ2v) is 6.26. The van der Waals surface area contributed by atoms with Crippen molar-refractivity contribution in [2.45, 2.75) is 19.3 Å². The van der Waals surface area contributed by atoms with Crippen molar-refractivity contribution < 1.29 is 9.53 Å². The summed E-state index contributed by atoms with van der Waals surface area (Å²) in [4.78, 5) is 23.0. The van der Waals surface area contributed by atoms with Crippen molar-refractivity contribution in [3.63, 3.8) is 0 Å². The minimum atomic E-state index is -0.249. The number of methoxy groups -OCH3 is 1. The average Bonchev–Trinajstić information content (AvgIpc) is 3.21. The molecule has 0 saturated carbocycles. The molecule has 2 heterocycles. The number of aromatic nitrogens is 2. The first-order valence-electron chi connectivity index (χ1n) is 8.97. The normalized spacial score (nSPS) is 13.7. The number of carbonyl (C=O) groups is 1. The molecule has 0 bridgehead atoms. The van der Waals surface area contributed by atoms with E-state index in [0.29, 0.717) is 18.1 Å². The zero-order valence-corrected chi connectivity index (χ0v) is 15.1. The number of carbonyl (C=O) groups excluding carboxylic acids is 1. The fourth-order valence-electron chi connectivity index (χ4n) is 2.94. The Morgan fingerprint density at radius 3 is 2.69 bits per heavy atom. The van der Waals surface area contributed by atoms with E-state index in [-0.39, 0.29) is 5.91 Å². The predicted octanol–water partition coefficient (Wildman–Crippen LogP) is 2.78. The molecular formula is C19H25N5O2. The highest BCUT2D eigenvalue weighted by Gasteiger charge is 2.13. The minimum absolute atomic E-state index is 0.249. The van der Waals surface area contributed by atoms with Crippen LogP contribution >= 0.6 is 0 Å². The van der Waals surface area contributed by atoms with Gasteiger partial charge >= 0.3 is 0 Å². The summed E-state index contributed by atoms with van der Waals surface area (Å²) in [6, 6.07) is 9.60. The Hall–Kier alpha value is -2.67. The lowest BCUT2D eigenvalue weighted by atomic mass is 10.2. The van der Waals surface area contributed by atoms with Gasteiger partial charge in [0.25, 0.3) is 5.91 Å². The lowest BCUT2D eigenvalue weighted by Crippen LogP contribution is -2.18. The molecule has 1 aliphatic heterocycles. The molecule has 7 heteroatoms. The molecule has 2 N–H and O–H groups in total. The Labute approximate surface area is 153 Å². The molecule has 1 amide bonds. The largest absolute Gasteiger partial charge is 0.385 e. The van der Waals surface area contributed by atoms with Crippen LogP contribution in [0.1, 0.15) is 29.8 Å². The van der Waals surface area contributed by atoms with E-state index < -0.39 is 0 Å². The van der Waals surface area contributed by atoms with Crippen LogP contribution in [-0.4, -0.2) is 49.2 Å². The summed E-state index contributed by atoms with van der Waals surface area (Å²) in [5.41, 5.74) is 2.29. The van der Waals surface area contributed by atoms with Gasteiger partial charge in [-0.1, -0.05) is 0 Å². The summed E-state index contributed by atoms with van der Waals surface area (Å²) < 4.78 is 5.01. The molecule has 138 valence electrons. The molecule has 0 spiro atoms. The Kier molecular flexibility index (Phi) is 6.38. The Morgan fingerprint density at radius 1 is 1.19 bits per heavy atom. The van der Waals surface area contributed by atoms with Crippen molar-refractivity contribution in [2.75, 3.05) is 48.9 Å². The second kappa shape index (κ2) is 9.15. The standard InChI is InChI=1S/C19H25N5O2/c1-26-12-4-9-20-18-13-17(21-14-22-18)19(25)23-15-5-7-16(8-6-15)24-10-2-3-11-24/h5-8,13-14H,2-4,9-12H2,1H3,(H,23,25)(H,20,21,22). The first-order chi connectivity index (χ1) is 12.8. The van der Waals surface area contributed by atoms with Crippen LogP contribution in [0.15, 0.2) is 36.7 Å². The van der Waals surface area contributed by atoms with E-state index in [0.717, 1.165) is 31.7 Å². The maximum absolute atomic E-state index is 12.4. The first kappa shape index (κ1) is 18.1. The summed E-state index contributed by atoms with van der Waals surface area (Å²) in [5, 5.41) is 6.04. The van der Waals surface area contributed by atoms with Gasteiger partial charge in [0.1, 0.15) is 17.8 Å². The quantitative estimate of drug-likeness (QED) is 0.709. The monoisotopic (exact) mass is 355 g/mol. The highest BCUT2D eigenvalue weighted by atomic mass is 16.5. The van der Waals surface area contributed by atoms with Crippen molar-refractivity contribution in [2.24, 2.45) is 0 Å². The highest BCUT2D eigenvalue weighted by molar-refractivity contribution is 6.03. The molecule has 1 aromatic heterocycles. The number of hydrogen-bond acceptors (Lipinski definition) is 6. The van der Waals surface area contributed by atoms with Crippen molar-refractivity contribution in [1.82, 2.24) is 9.97 Å². The van der Waals surface area contributed by atoms with Gasteiger partial charge in [-0.05, 0) is 43.5 Å². The van der Waals surface area contributed by atoms with Gasteiger partial charge in [-0.3, -0.25) is 4.79 Å². The zero-order chi connectivity index (χ0) is 18.2. The van der Waals surface area contributed by atoms with Gasteiger partial charge in [-0.15, -0.1) is 0 Å². The Bertz CT molecular complexity index is 714. The molecule has 0 atom stereocenters. The Morgan fingerprint density at radius 2 is 1.96 bits per heavy atom. The van der Waals surface area contributed by atoms with Gasteiger partial charge in [0.2, 0.25) is 0 Å². The SMILES string of the molecule is COCCCNc1cc(C(=O)Nc2ccc(N3CCCC3)cc2)ncn1. The van der Waals surface area contributed by atoms with Gasteiger partial charge in [-0.2, -0.15) is 0 Å². The first-order valence-corrected chi connectivity index (χ1v) is 8.97. The van der Waals surface area contributed by atoms with E-state index in [2.05, 4.69) is 25.5 Å². The van der Waals surface area contributed by atoms with E-state index in [9.17, 15) is 4.79 Å². The number of nitrogens with zero attached hydrogens (tertiary/aromatic N) is 3. The number of anilines is 3. The van der Waals surface area contributed by atoms with Crippen molar-refractivity contribution >= 4 is 23.1 Å². The van der Waals surface area contributed by atoms with Crippen LogP contribution in [0.2, 0.25) is 0 Å². The summed E-state index contributed by atoms with van der Waals surface area (Å²) in [6.45, 7) is 3.61. The molecule has 1 saturated heterocycles. The van der Waals surface area contributed by atoms with Gasteiger partial charge in [0.05, 0.1) is 0 Å². The van der Waals surface area contributed by atoms with E-state index in [1.165, 1.54) is 24.9 Å². The molecule has 2 aromatic rings. The molecule has 1 aliphatic rings. The van der Waals surface area contributed by atoms with Crippen molar-refractivity contribution in [3.05, 3.63) is 42.4 Å². The van der Waals surface area contributed by atoms with E-state index in [1.807, 2.05) is 24.3 Å². The van der Waals surface area contributed by atoms with E-state index in [1.54, 1.807) is 13.2 Å². The Balaban J connectivity index is 1.57. The fourth-order valence-corrected chi connectivity index (χ4v) is 2.94. The van der Waals surface area contributed by atoms with Gasteiger partial charge in [0, 0.05) is 50.8 Å². The summed E-state index contributed by atoms with van der Waals surface area (Å²) in [6.07, 6.45) is 4.75. The molecule has 0 radical (unpaired) electrons. The lowest BCUT2D eigenvalue weighted by Gasteiger charge is -2.17. The van der Waals surface area contributed by atoms with Crippen molar-refractivity contribution in [3.8, 4) is 0 Å². The smallest absolute Gasteiger partial charge is 0.274 e. The third kappa shape index (κ3) is 4.92. The van der Waals surface area contributed by atoms with Crippen LogP contribution in [-0.2, 0) is 4.74 Å². The maximum Gasteiger partial charge on any atom is 0.274 e. The maximum atomic E-state index is 12.4. The zero-order valence-electron chi connectivity index (χ0n) is 15.1. The number of amides is 1. The number of rotatable bonds is 8. The molecule has 26 heavy (non-hydrogen) atoms. The van der Waals surface area contributed by atoms with Gasteiger partial charge < -0.3 is 20.3 Å². The minimum Gasteiger partial charge on any atom is -0.385 e. The number of ether oxygens (including phenoxy) is 1. The summed E-state index contributed by atoms with van der Waals surface area (Å²) in [7, 11) is 1.67. The molecule has 1 fully saturated rings. The van der Waals surface area contributed by atoms with Crippen LogP contribution in [0.5, 0.6) is 0 Å². The summed E-state index contributed by atoms with van der Waals surface area (Å²) in [5.74, 6) is 0.381. The summed E-state index contributed by atoms with van der Waals surface area (Å²) >= 11 is 0. The number of nitrogens with one attached hydrogen (secondary N) is 2. The topological polar surface area (TPSA) is 79.4 Å². The molecular weight excluding hydrogens is 330 g/mol. The van der Waals surface area contributed by atoms with E-state index in [4.69, 9.17) is 4.74 Å². The highest BCUT2D eigenvalue weighted by Crippen LogP contribution is 2.22. The van der Waals surface area contributed by atoms with Crippen LogP contribution in [0.3, 0.4) is 0 Å². The van der Waals surface area contributed by atoms with Crippen molar-refractivity contribution in [1.29, 1.82) is 0 Å². The van der Waals surface area contributed by atoms with Crippen LogP contribution < -0.4 is 15.5 Å². The number of hydrogen-bond donors (Lipinski definition) is 2.